The van der Waals surface area contributed by atoms with Crippen molar-refractivity contribution in [3.8, 4) is 0 Å². The fraction of sp³-hybridized carbons (Fsp3) is 0.409. The monoisotopic (exact) mass is 516 g/mol. The highest BCUT2D eigenvalue weighted by molar-refractivity contribution is 5.75. The van der Waals surface area contributed by atoms with Crippen LogP contribution in [0.25, 0.3) is 0 Å². The average molecular weight is 516 g/mol. The van der Waals surface area contributed by atoms with Crippen LogP contribution in [0.15, 0.2) is 36.4 Å². The Morgan fingerprint density at radius 3 is 1.80 bits per heavy atom. The van der Waals surface area contributed by atoms with E-state index in [4.69, 9.17) is 0 Å². The maximum atomic E-state index is 13.8. The third kappa shape index (κ3) is 6.80. The molecule has 0 radical (unpaired) electrons. The summed E-state index contributed by atoms with van der Waals surface area (Å²) in [5.74, 6) is -0.235. The summed E-state index contributed by atoms with van der Waals surface area (Å²) >= 11 is 0. The van der Waals surface area contributed by atoms with Crippen LogP contribution in [0.5, 0.6) is 0 Å². The fourth-order valence-electron chi connectivity index (χ4n) is 3.11. The lowest BCUT2D eigenvalue weighted by Gasteiger charge is -2.32. The van der Waals surface area contributed by atoms with Gasteiger partial charge in [-0.05, 0) is 53.9 Å². The minimum atomic E-state index is -5.63. The lowest BCUT2D eigenvalue weighted by Crippen LogP contribution is -2.48. The van der Waals surface area contributed by atoms with Gasteiger partial charge in [0.2, 0.25) is 11.5 Å². The molecule has 0 aliphatic rings. The number of benzene rings is 2. The molecule has 0 saturated carbocycles. The standard InChI is InChI=1S/C22H21F9N2O2/c1-3-18(34)32-10-13-4-5-17(6-12(13)2)33-11-19(35,22(29,30)31)14-7-15(20(23,24)25)9-16(8-14)21(26,27)28/h4-9,33,35H,3,10-11H2,1-2H3,(H,32,34)/t19-/m1/s1. The van der Waals surface area contributed by atoms with E-state index >= 15 is 0 Å². The molecule has 0 spiro atoms. The van der Waals surface area contributed by atoms with E-state index in [0.29, 0.717) is 11.1 Å². The molecule has 1 atom stereocenters. The number of anilines is 1. The Labute approximate surface area is 194 Å². The van der Waals surface area contributed by atoms with Gasteiger partial charge in [0.05, 0.1) is 17.7 Å². The summed E-state index contributed by atoms with van der Waals surface area (Å²) in [5.41, 5.74) is -8.51. The highest BCUT2D eigenvalue weighted by atomic mass is 19.4. The molecule has 13 heteroatoms. The van der Waals surface area contributed by atoms with Gasteiger partial charge in [-0.1, -0.05) is 13.0 Å². The molecule has 0 saturated heterocycles. The van der Waals surface area contributed by atoms with E-state index < -0.39 is 47.4 Å². The summed E-state index contributed by atoms with van der Waals surface area (Å²) in [5, 5.41) is 15.2. The van der Waals surface area contributed by atoms with Crippen LogP contribution >= 0.6 is 0 Å². The molecule has 0 bridgehead atoms. The first-order chi connectivity index (χ1) is 15.9. The van der Waals surface area contributed by atoms with Crippen LogP contribution in [0.2, 0.25) is 0 Å². The third-order valence-corrected chi connectivity index (χ3v) is 5.22. The second-order valence-corrected chi connectivity index (χ2v) is 7.78. The van der Waals surface area contributed by atoms with Crippen molar-refractivity contribution in [1.29, 1.82) is 0 Å². The van der Waals surface area contributed by atoms with Crippen molar-refractivity contribution in [3.05, 3.63) is 64.2 Å². The SMILES string of the molecule is CCC(=O)NCc1ccc(NC[C@@](O)(c2cc(C(F)(F)F)cc(C(F)(F)F)c2)C(F)(F)F)cc1C. The zero-order valence-electron chi connectivity index (χ0n) is 18.3. The number of aliphatic hydroxyl groups is 1. The smallest absolute Gasteiger partial charge is 0.381 e. The van der Waals surface area contributed by atoms with Crippen LogP contribution in [-0.2, 0) is 29.3 Å². The summed E-state index contributed by atoms with van der Waals surface area (Å²) in [4.78, 5) is 11.4. The normalized spacial score (nSPS) is 14.4. The second kappa shape index (κ2) is 9.96. The number of alkyl halides is 9. The first kappa shape index (κ1) is 28.3. The van der Waals surface area contributed by atoms with Gasteiger partial charge in [-0.25, -0.2) is 0 Å². The summed E-state index contributed by atoms with van der Waals surface area (Å²) in [7, 11) is 0. The van der Waals surface area contributed by atoms with Crippen molar-refractivity contribution in [2.24, 2.45) is 0 Å². The Hall–Kier alpha value is -2.96. The third-order valence-electron chi connectivity index (χ3n) is 5.22. The second-order valence-electron chi connectivity index (χ2n) is 7.78. The summed E-state index contributed by atoms with van der Waals surface area (Å²) in [6.45, 7) is 1.88. The maximum Gasteiger partial charge on any atom is 0.423 e. The highest BCUT2D eigenvalue weighted by Gasteiger charge is 2.56. The molecule has 4 nitrogen and oxygen atoms in total. The number of hydrogen-bond donors (Lipinski definition) is 3. The molecule has 35 heavy (non-hydrogen) atoms. The van der Waals surface area contributed by atoms with E-state index in [-0.39, 0.29) is 42.8 Å². The number of carbonyl (C=O) groups is 1. The number of amides is 1. The van der Waals surface area contributed by atoms with Crippen LogP contribution in [-0.4, -0.2) is 23.7 Å². The topological polar surface area (TPSA) is 61.4 Å². The lowest BCUT2D eigenvalue weighted by atomic mass is 9.89. The van der Waals surface area contributed by atoms with E-state index in [1.54, 1.807) is 13.8 Å². The average Bonchev–Trinajstić information content (AvgIpc) is 2.74. The van der Waals surface area contributed by atoms with E-state index in [2.05, 4.69) is 10.6 Å². The molecule has 2 aromatic carbocycles. The molecule has 1 amide bonds. The van der Waals surface area contributed by atoms with Gasteiger partial charge < -0.3 is 15.7 Å². The molecule has 0 fully saturated rings. The Morgan fingerprint density at radius 1 is 0.857 bits per heavy atom. The highest BCUT2D eigenvalue weighted by Crippen LogP contribution is 2.44. The summed E-state index contributed by atoms with van der Waals surface area (Å²) in [6.07, 6.45) is -16.2. The Kier molecular flexibility index (Phi) is 8.04. The van der Waals surface area contributed by atoms with Crippen molar-refractivity contribution < 1.29 is 49.4 Å². The van der Waals surface area contributed by atoms with Gasteiger partial charge in [0, 0.05) is 18.7 Å². The van der Waals surface area contributed by atoms with Crippen molar-refractivity contribution >= 4 is 11.6 Å². The quantitative estimate of drug-likeness (QED) is 0.401. The Morgan fingerprint density at radius 2 is 1.37 bits per heavy atom. The zero-order chi connectivity index (χ0) is 26.8. The first-order valence-electron chi connectivity index (χ1n) is 10.1. The number of carbonyl (C=O) groups excluding carboxylic acids is 1. The first-order valence-corrected chi connectivity index (χ1v) is 10.1. The predicted molar refractivity (Wildman–Crippen MR) is 108 cm³/mol. The number of hydrogen-bond acceptors (Lipinski definition) is 3. The zero-order valence-corrected chi connectivity index (χ0v) is 18.3. The largest absolute Gasteiger partial charge is 0.423 e. The van der Waals surface area contributed by atoms with Gasteiger partial charge in [0.15, 0.2) is 0 Å². The number of aryl methyl sites for hydroxylation is 1. The Bertz CT molecular complexity index is 1030. The van der Waals surface area contributed by atoms with Gasteiger partial charge >= 0.3 is 18.5 Å². The van der Waals surface area contributed by atoms with Gasteiger partial charge in [0.25, 0.3) is 0 Å². The van der Waals surface area contributed by atoms with Gasteiger partial charge in [0.1, 0.15) is 0 Å². The van der Waals surface area contributed by atoms with Crippen LogP contribution in [0.3, 0.4) is 0 Å². The van der Waals surface area contributed by atoms with Gasteiger partial charge in [-0.15, -0.1) is 0 Å². The molecular weight excluding hydrogens is 495 g/mol. The summed E-state index contributed by atoms with van der Waals surface area (Å²) < 4.78 is 120. The molecule has 0 aliphatic heterocycles. The lowest BCUT2D eigenvalue weighted by molar-refractivity contribution is -0.261. The van der Waals surface area contributed by atoms with Crippen molar-refractivity contribution in [1.82, 2.24) is 5.32 Å². The van der Waals surface area contributed by atoms with Crippen molar-refractivity contribution in [3.63, 3.8) is 0 Å². The molecule has 194 valence electrons. The minimum Gasteiger partial charge on any atom is -0.381 e. The molecule has 2 aromatic rings. The number of nitrogens with one attached hydrogen (secondary N) is 2. The van der Waals surface area contributed by atoms with Crippen LogP contribution in [0.1, 0.15) is 41.2 Å². The number of rotatable bonds is 7. The molecule has 2 rings (SSSR count). The molecule has 0 heterocycles. The van der Waals surface area contributed by atoms with E-state index in [9.17, 15) is 49.4 Å². The van der Waals surface area contributed by atoms with Crippen LogP contribution < -0.4 is 10.6 Å². The van der Waals surface area contributed by atoms with Crippen LogP contribution in [0, 0.1) is 6.92 Å². The summed E-state index contributed by atoms with van der Waals surface area (Å²) in [6, 6.07) is 3.48. The number of halogens is 9. The van der Waals surface area contributed by atoms with Crippen molar-refractivity contribution in [2.45, 2.75) is 50.9 Å². The van der Waals surface area contributed by atoms with Crippen molar-refractivity contribution in [2.75, 3.05) is 11.9 Å². The van der Waals surface area contributed by atoms with E-state index in [1.165, 1.54) is 18.2 Å². The molecule has 0 aliphatic carbocycles. The van der Waals surface area contributed by atoms with E-state index in [1.807, 2.05) is 0 Å². The molecule has 0 unspecified atom stereocenters. The van der Waals surface area contributed by atoms with E-state index in [0.717, 1.165) is 0 Å². The molecular formula is C22H21F9N2O2. The van der Waals surface area contributed by atoms with Gasteiger partial charge in [-0.3, -0.25) is 4.79 Å². The van der Waals surface area contributed by atoms with Gasteiger partial charge in [-0.2, -0.15) is 39.5 Å². The van der Waals surface area contributed by atoms with Crippen LogP contribution in [0.4, 0.5) is 45.2 Å². The molecule has 0 aromatic heterocycles. The fourth-order valence-corrected chi connectivity index (χ4v) is 3.11. The Balaban J connectivity index is 2.43. The molecule has 3 N–H and O–H groups in total. The maximum absolute atomic E-state index is 13.8. The predicted octanol–water partition coefficient (Wildman–Crippen LogP) is 5.92. The minimum absolute atomic E-state index is 0.0127.